The third kappa shape index (κ3) is 3.92. The van der Waals surface area contributed by atoms with Crippen LogP contribution in [-0.4, -0.2) is 25.0 Å². The quantitative estimate of drug-likeness (QED) is 0.668. The Morgan fingerprint density at radius 1 is 1.17 bits per heavy atom. The van der Waals surface area contributed by atoms with E-state index in [2.05, 4.69) is 5.32 Å². The van der Waals surface area contributed by atoms with E-state index in [1.165, 1.54) is 48.5 Å². The number of nitro groups is 1. The average molecular weight is 334 g/mol. The number of rotatable bonds is 5. The number of amides is 1. The second kappa shape index (κ2) is 6.57. The molecule has 2 rings (SSSR count). The molecule has 0 aliphatic rings. The molecule has 2 aromatic rings. The van der Waals surface area contributed by atoms with Gasteiger partial charge in [0.15, 0.2) is 9.84 Å². The number of carbonyl (C=O) groups excluding carboxylic acids is 1. The predicted octanol–water partition coefficient (Wildman–Crippen LogP) is 2.64. The van der Waals surface area contributed by atoms with Crippen molar-refractivity contribution in [3.63, 3.8) is 0 Å². The molecule has 0 bridgehead atoms. The van der Waals surface area contributed by atoms with Gasteiger partial charge in [-0.1, -0.05) is 13.0 Å². The van der Waals surface area contributed by atoms with Crippen LogP contribution < -0.4 is 5.32 Å². The number of nitrogens with one attached hydrogen (secondary N) is 1. The Balaban J connectivity index is 2.18. The zero-order valence-electron chi connectivity index (χ0n) is 12.2. The standard InChI is InChI=1S/C15H14N2O5S/c1-2-23(21,22)14-8-6-12(7-9-14)16-15(18)11-4-3-5-13(10-11)17(19)20/h3-10H,2H2,1H3,(H,16,18). The van der Waals surface area contributed by atoms with Crippen molar-refractivity contribution in [2.75, 3.05) is 11.1 Å². The molecule has 0 aromatic heterocycles. The summed E-state index contributed by atoms with van der Waals surface area (Å²) in [6.45, 7) is 1.55. The number of sulfone groups is 1. The lowest BCUT2D eigenvalue weighted by Gasteiger charge is -2.07. The van der Waals surface area contributed by atoms with E-state index in [1.54, 1.807) is 6.92 Å². The van der Waals surface area contributed by atoms with E-state index in [9.17, 15) is 23.3 Å². The van der Waals surface area contributed by atoms with E-state index in [-0.39, 0.29) is 21.9 Å². The minimum atomic E-state index is -3.30. The Hall–Kier alpha value is -2.74. The summed E-state index contributed by atoms with van der Waals surface area (Å²) in [6.07, 6.45) is 0. The molecule has 0 saturated heterocycles. The maximum atomic E-state index is 12.1. The molecule has 0 spiro atoms. The number of hydrogen-bond acceptors (Lipinski definition) is 5. The predicted molar refractivity (Wildman–Crippen MR) is 85.2 cm³/mol. The van der Waals surface area contributed by atoms with Gasteiger partial charge in [-0.25, -0.2) is 8.42 Å². The molecule has 0 aliphatic carbocycles. The van der Waals surface area contributed by atoms with E-state index in [0.717, 1.165) is 0 Å². The van der Waals surface area contributed by atoms with Crippen LogP contribution >= 0.6 is 0 Å². The minimum absolute atomic E-state index is 0.00755. The zero-order valence-corrected chi connectivity index (χ0v) is 13.0. The van der Waals surface area contributed by atoms with Gasteiger partial charge >= 0.3 is 0 Å². The summed E-state index contributed by atoms with van der Waals surface area (Å²) < 4.78 is 23.4. The van der Waals surface area contributed by atoms with Crippen LogP contribution in [0, 0.1) is 10.1 Å². The molecule has 7 nitrogen and oxygen atoms in total. The molecule has 1 N–H and O–H groups in total. The van der Waals surface area contributed by atoms with Crippen molar-refractivity contribution in [2.24, 2.45) is 0 Å². The largest absolute Gasteiger partial charge is 0.322 e. The molecule has 0 atom stereocenters. The fraction of sp³-hybridized carbons (Fsp3) is 0.133. The second-order valence-corrected chi connectivity index (χ2v) is 6.97. The normalized spacial score (nSPS) is 11.0. The number of hydrogen-bond donors (Lipinski definition) is 1. The summed E-state index contributed by atoms with van der Waals surface area (Å²) in [4.78, 5) is 22.4. The Bertz CT molecular complexity index is 844. The van der Waals surface area contributed by atoms with Crippen molar-refractivity contribution in [1.82, 2.24) is 0 Å². The molecule has 120 valence electrons. The Morgan fingerprint density at radius 3 is 2.39 bits per heavy atom. The van der Waals surface area contributed by atoms with Crippen LogP contribution in [0.3, 0.4) is 0 Å². The van der Waals surface area contributed by atoms with Crippen molar-refractivity contribution >= 4 is 27.1 Å². The van der Waals surface area contributed by atoms with E-state index >= 15 is 0 Å². The van der Waals surface area contributed by atoms with E-state index in [4.69, 9.17) is 0 Å². The molecular formula is C15H14N2O5S. The van der Waals surface area contributed by atoms with Gasteiger partial charge in [0.25, 0.3) is 11.6 Å². The van der Waals surface area contributed by atoms with Crippen LogP contribution in [0.2, 0.25) is 0 Å². The van der Waals surface area contributed by atoms with Crippen molar-refractivity contribution in [1.29, 1.82) is 0 Å². The second-order valence-electron chi connectivity index (χ2n) is 4.69. The van der Waals surface area contributed by atoms with Gasteiger partial charge in [0, 0.05) is 23.4 Å². The minimum Gasteiger partial charge on any atom is -0.322 e. The van der Waals surface area contributed by atoms with Gasteiger partial charge in [0.1, 0.15) is 0 Å². The molecule has 0 unspecified atom stereocenters. The molecule has 2 aromatic carbocycles. The lowest BCUT2D eigenvalue weighted by Crippen LogP contribution is -2.12. The Labute approximate surface area is 133 Å². The summed E-state index contributed by atoms with van der Waals surface area (Å²) in [5.41, 5.74) is 0.364. The van der Waals surface area contributed by atoms with Crippen LogP contribution in [-0.2, 0) is 9.84 Å². The van der Waals surface area contributed by atoms with Gasteiger partial charge in [0.05, 0.1) is 15.6 Å². The number of non-ortho nitro benzene ring substituents is 1. The summed E-state index contributed by atoms with van der Waals surface area (Å²) in [5.74, 6) is -0.522. The van der Waals surface area contributed by atoms with E-state index in [1.807, 2.05) is 0 Å². The average Bonchev–Trinajstić information content (AvgIpc) is 2.55. The monoisotopic (exact) mass is 334 g/mol. The molecule has 23 heavy (non-hydrogen) atoms. The first kappa shape index (κ1) is 16.6. The number of nitrogens with zero attached hydrogens (tertiary/aromatic N) is 1. The number of anilines is 1. The van der Waals surface area contributed by atoms with Crippen LogP contribution in [0.4, 0.5) is 11.4 Å². The molecule has 0 heterocycles. The summed E-state index contributed by atoms with van der Waals surface area (Å²) in [5, 5.41) is 13.3. The number of nitro benzene ring substituents is 1. The van der Waals surface area contributed by atoms with Gasteiger partial charge in [-0.3, -0.25) is 14.9 Å². The van der Waals surface area contributed by atoms with Crippen molar-refractivity contribution in [2.45, 2.75) is 11.8 Å². The first-order valence-electron chi connectivity index (χ1n) is 6.72. The zero-order chi connectivity index (χ0) is 17.0. The molecule has 0 aliphatic heterocycles. The lowest BCUT2D eigenvalue weighted by molar-refractivity contribution is -0.384. The Kier molecular flexibility index (Phi) is 4.75. The molecule has 8 heteroatoms. The highest BCUT2D eigenvalue weighted by molar-refractivity contribution is 7.91. The highest BCUT2D eigenvalue weighted by Crippen LogP contribution is 2.18. The summed E-state index contributed by atoms with van der Waals surface area (Å²) in [6, 6.07) is 11.1. The topological polar surface area (TPSA) is 106 Å². The molecule has 0 saturated carbocycles. The van der Waals surface area contributed by atoms with Gasteiger partial charge in [-0.2, -0.15) is 0 Å². The summed E-state index contributed by atoms with van der Waals surface area (Å²) in [7, 11) is -3.30. The Morgan fingerprint density at radius 2 is 1.83 bits per heavy atom. The number of benzene rings is 2. The van der Waals surface area contributed by atoms with E-state index < -0.39 is 20.7 Å². The van der Waals surface area contributed by atoms with Crippen LogP contribution in [0.15, 0.2) is 53.4 Å². The van der Waals surface area contributed by atoms with Crippen LogP contribution in [0.25, 0.3) is 0 Å². The molecule has 0 radical (unpaired) electrons. The van der Waals surface area contributed by atoms with Gasteiger partial charge in [-0.05, 0) is 30.3 Å². The van der Waals surface area contributed by atoms with Gasteiger partial charge in [0.2, 0.25) is 0 Å². The lowest BCUT2D eigenvalue weighted by atomic mass is 10.2. The number of carbonyl (C=O) groups is 1. The van der Waals surface area contributed by atoms with Crippen molar-refractivity contribution in [3.05, 3.63) is 64.2 Å². The third-order valence-corrected chi connectivity index (χ3v) is 4.92. The van der Waals surface area contributed by atoms with Crippen molar-refractivity contribution in [3.8, 4) is 0 Å². The fourth-order valence-electron chi connectivity index (χ4n) is 1.88. The third-order valence-electron chi connectivity index (χ3n) is 3.17. The highest BCUT2D eigenvalue weighted by atomic mass is 32.2. The first-order valence-corrected chi connectivity index (χ1v) is 8.37. The molecule has 0 fully saturated rings. The molecule has 1 amide bonds. The van der Waals surface area contributed by atoms with Crippen molar-refractivity contribution < 1.29 is 18.1 Å². The van der Waals surface area contributed by atoms with Gasteiger partial charge < -0.3 is 5.32 Å². The first-order chi connectivity index (χ1) is 10.8. The SMILES string of the molecule is CCS(=O)(=O)c1ccc(NC(=O)c2cccc([N+](=O)[O-])c2)cc1. The van der Waals surface area contributed by atoms with Gasteiger partial charge in [-0.15, -0.1) is 0 Å². The fourth-order valence-corrected chi connectivity index (χ4v) is 2.76. The maximum absolute atomic E-state index is 12.1. The smallest absolute Gasteiger partial charge is 0.270 e. The molecular weight excluding hydrogens is 320 g/mol. The highest BCUT2D eigenvalue weighted by Gasteiger charge is 2.13. The van der Waals surface area contributed by atoms with Crippen LogP contribution in [0.1, 0.15) is 17.3 Å². The summed E-state index contributed by atoms with van der Waals surface area (Å²) >= 11 is 0. The van der Waals surface area contributed by atoms with E-state index in [0.29, 0.717) is 5.69 Å². The maximum Gasteiger partial charge on any atom is 0.270 e. The van der Waals surface area contributed by atoms with Crippen LogP contribution in [0.5, 0.6) is 0 Å².